The number of aryl methyl sites for hydroxylation is 2. The van der Waals surface area contributed by atoms with Crippen LogP contribution in [0.4, 0.5) is 4.39 Å². The first kappa shape index (κ1) is 25.3. The van der Waals surface area contributed by atoms with Gasteiger partial charge in [0.2, 0.25) is 0 Å². The number of carbonyl (C=O) groups excluding carboxylic acids is 1. The molecule has 4 aromatic rings. The second-order valence-corrected chi connectivity index (χ2v) is 8.79. The van der Waals surface area contributed by atoms with Crippen molar-refractivity contribution in [3.63, 3.8) is 0 Å². The van der Waals surface area contributed by atoms with Crippen LogP contribution in [0.5, 0.6) is 0 Å². The van der Waals surface area contributed by atoms with Crippen LogP contribution in [0.3, 0.4) is 0 Å². The summed E-state index contributed by atoms with van der Waals surface area (Å²) in [5.74, 6) is -0.658. The normalized spacial score (nSPS) is 12.0. The predicted molar refractivity (Wildman–Crippen MR) is 139 cm³/mol. The van der Waals surface area contributed by atoms with Crippen molar-refractivity contribution in [2.75, 3.05) is 20.3 Å². The van der Waals surface area contributed by atoms with Crippen LogP contribution in [-0.4, -0.2) is 40.6 Å². The molecule has 1 aromatic heterocycles. The fraction of sp³-hybridized carbons (Fsp3) is 0.276. The van der Waals surface area contributed by atoms with Crippen molar-refractivity contribution >= 4 is 16.8 Å². The number of ether oxygens (including phenoxy) is 1. The molecule has 186 valence electrons. The first-order valence-electron chi connectivity index (χ1n) is 12.0. The predicted octanol–water partition coefficient (Wildman–Crippen LogP) is 5.38. The fourth-order valence-electron chi connectivity index (χ4n) is 4.41. The van der Waals surface area contributed by atoms with E-state index in [1.165, 1.54) is 12.1 Å². The summed E-state index contributed by atoms with van der Waals surface area (Å²) < 4.78 is 21.5. The zero-order valence-electron chi connectivity index (χ0n) is 21.0. The van der Waals surface area contributed by atoms with Crippen LogP contribution in [-0.2, 0) is 4.74 Å². The van der Waals surface area contributed by atoms with Gasteiger partial charge in [0, 0.05) is 13.7 Å². The highest BCUT2D eigenvalue weighted by molar-refractivity contribution is 5.94. The van der Waals surface area contributed by atoms with Gasteiger partial charge in [-0.25, -0.2) is 9.37 Å². The van der Waals surface area contributed by atoms with E-state index in [4.69, 9.17) is 9.72 Å². The van der Waals surface area contributed by atoms with Crippen molar-refractivity contribution < 1.29 is 13.9 Å². The smallest absolute Gasteiger partial charge is 0.266 e. The van der Waals surface area contributed by atoms with Crippen LogP contribution >= 0.6 is 0 Å². The summed E-state index contributed by atoms with van der Waals surface area (Å²) in [7, 11) is 1.55. The van der Waals surface area contributed by atoms with E-state index in [0.717, 1.165) is 11.1 Å². The summed E-state index contributed by atoms with van der Waals surface area (Å²) in [6, 6.07) is 18.3. The third kappa shape index (κ3) is 4.79. The number of benzene rings is 3. The van der Waals surface area contributed by atoms with Crippen molar-refractivity contribution in [3.8, 4) is 5.69 Å². The average molecular weight is 488 g/mol. The van der Waals surface area contributed by atoms with E-state index in [2.05, 4.69) is 0 Å². The van der Waals surface area contributed by atoms with Crippen molar-refractivity contribution in [2.45, 2.75) is 33.2 Å². The molecular formula is C29H30FN3O3. The van der Waals surface area contributed by atoms with E-state index in [-0.39, 0.29) is 24.3 Å². The molecule has 0 aliphatic rings. The largest absolute Gasteiger partial charge is 0.383 e. The van der Waals surface area contributed by atoms with E-state index in [0.29, 0.717) is 28.8 Å². The van der Waals surface area contributed by atoms with Crippen LogP contribution in [0.15, 0.2) is 71.5 Å². The SMILES string of the molecule is CCC(c1nc2ccccc2c(=O)n1-c1ccc(C)c(C)c1)N(CCOC)C(=O)c1ccccc1F. The van der Waals surface area contributed by atoms with Crippen molar-refractivity contribution in [1.29, 1.82) is 0 Å². The van der Waals surface area contributed by atoms with Gasteiger partial charge < -0.3 is 9.64 Å². The third-order valence-electron chi connectivity index (χ3n) is 6.51. The molecule has 4 rings (SSSR count). The van der Waals surface area contributed by atoms with E-state index < -0.39 is 17.8 Å². The molecule has 0 radical (unpaired) electrons. The Kier molecular flexibility index (Phi) is 7.60. The molecule has 0 bridgehead atoms. The van der Waals surface area contributed by atoms with Gasteiger partial charge in [0.25, 0.3) is 11.5 Å². The number of methoxy groups -OCH3 is 1. The van der Waals surface area contributed by atoms with Crippen molar-refractivity contribution in [1.82, 2.24) is 14.5 Å². The number of carbonyl (C=O) groups is 1. The molecule has 0 saturated heterocycles. The second kappa shape index (κ2) is 10.8. The van der Waals surface area contributed by atoms with Gasteiger partial charge >= 0.3 is 0 Å². The van der Waals surface area contributed by atoms with Gasteiger partial charge in [0.15, 0.2) is 0 Å². The molecule has 1 amide bonds. The van der Waals surface area contributed by atoms with Gasteiger partial charge in [-0.3, -0.25) is 14.2 Å². The lowest BCUT2D eigenvalue weighted by Gasteiger charge is -2.32. The number of halogens is 1. The molecule has 1 atom stereocenters. The zero-order chi connectivity index (χ0) is 25.8. The van der Waals surface area contributed by atoms with Crippen molar-refractivity contribution in [3.05, 3.63) is 105 Å². The molecule has 3 aromatic carbocycles. The number of hydrogen-bond donors (Lipinski definition) is 0. The summed E-state index contributed by atoms with van der Waals surface area (Å²) in [5, 5.41) is 0.484. The van der Waals surface area contributed by atoms with Gasteiger partial charge in [-0.1, -0.05) is 37.3 Å². The lowest BCUT2D eigenvalue weighted by molar-refractivity contribution is 0.0575. The number of para-hydroxylation sites is 1. The Labute approximate surface area is 210 Å². The van der Waals surface area contributed by atoms with E-state index in [9.17, 15) is 14.0 Å². The molecule has 0 saturated carbocycles. The maximum Gasteiger partial charge on any atom is 0.266 e. The number of hydrogen-bond acceptors (Lipinski definition) is 4. The van der Waals surface area contributed by atoms with Crippen LogP contribution in [0, 0.1) is 19.7 Å². The van der Waals surface area contributed by atoms with Crippen molar-refractivity contribution in [2.24, 2.45) is 0 Å². The molecule has 36 heavy (non-hydrogen) atoms. The third-order valence-corrected chi connectivity index (χ3v) is 6.51. The van der Waals surface area contributed by atoms with Crippen LogP contribution in [0.1, 0.15) is 46.7 Å². The van der Waals surface area contributed by atoms with Crippen LogP contribution < -0.4 is 5.56 Å². The van der Waals surface area contributed by atoms with Gasteiger partial charge in [0.1, 0.15) is 11.6 Å². The Hall–Kier alpha value is -3.84. The monoisotopic (exact) mass is 487 g/mol. The molecule has 0 aliphatic heterocycles. The number of fused-ring (bicyclic) bond motifs is 1. The van der Waals surface area contributed by atoms with Crippen LogP contribution in [0.2, 0.25) is 0 Å². The highest BCUT2D eigenvalue weighted by Crippen LogP contribution is 2.28. The topological polar surface area (TPSA) is 64.4 Å². The summed E-state index contributed by atoms with van der Waals surface area (Å²) in [4.78, 5) is 33.9. The maximum atomic E-state index is 14.6. The first-order chi connectivity index (χ1) is 17.4. The number of amides is 1. The molecule has 0 N–H and O–H groups in total. The quantitative estimate of drug-likeness (QED) is 0.335. The summed E-state index contributed by atoms with van der Waals surface area (Å²) >= 11 is 0. The van der Waals surface area contributed by atoms with E-state index in [1.54, 1.807) is 46.9 Å². The summed E-state index contributed by atoms with van der Waals surface area (Å²) in [6.45, 7) is 6.37. The minimum absolute atomic E-state index is 0.0343. The molecular weight excluding hydrogens is 457 g/mol. The minimum Gasteiger partial charge on any atom is -0.383 e. The Bertz CT molecular complexity index is 1460. The standard InChI is InChI=1S/C29H30FN3O3/c1-5-26(32(16-17-36-4)28(34)22-10-6-8-12-24(22)30)27-31-25-13-9-7-11-23(25)29(35)33(27)21-15-14-19(2)20(3)18-21/h6-15,18,26H,5,16-17H2,1-4H3. The molecule has 1 heterocycles. The Balaban J connectivity index is 1.97. The number of aromatic nitrogens is 2. The summed E-state index contributed by atoms with van der Waals surface area (Å²) in [5.41, 5.74) is 3.09. The van der Waals surface area contributed by atoms with Gasteiger partial charge in [-0.05, 0) is 67.8 Å². The highest BCUT2D eigenvalue weighted by atomic mass is 19.1. The fourth-order valence-corrected chi connectivity index (χ4v) is 4.41. The van der Waals surface area contributed by atoms with E-state index in [1.807, 2.05) is 45.0 Å². The molecule has 1 unspecified atom stereocenters. The minimum atomic E-state index is -0.605. The van der Waals surface area contributed by atoms with E-state index >= 15 is 0 Å². The van der Waals surface area contributed by atoms with Gasteiger partial charge in [0.05, 0.1) is 34.8 Å². The number of nitrogens with zero attached hydrogens (tertiary/aromatic N) is 3. The average Bonchev–Trinajstić information content (AvgIpc) is 2.88. The van der Waals surface area contributed by atoms with Gasteiger partial charge in [-0.15, -0.1) is 0 Å². The van der Waals surface area contributed by atoms with Gasteiger partial charge in [-0.2, -0.15) is 0 Å². The maximum absolute atomic E-state index is 14.6. The molecule has 0 aliphatic carbocycles. The molecule has 7 heteroatoms. The first-order valence-corrected chi connectivity index (χ1v) is 12.0. The lowest BCUT2D eigenvalue weighted by atomic mass is 10.1. The second-order valence-electron chi connectivity index (χ2n) is 8.79. The molecule has 0 fully saturated rings. The lowest BCUT2D eigenvalue weighted by Crippen LogP contribution is -2.40. The molecule has 0 spiro atoms. The van der Waals surface area contributed by atoms with Crippen LogP contribution in [0.25, 0.3) is 16.6 Å². The zero-order valence-corrected chi connectivity index (χ0v) is 21.0. The Morgan fingerprint density at radius 3 is 2.47 bits per heavy atom. The molecule has 6 nitrogen and oxygen atoms in total. The Morgan fingerprint density at radius 2 is 1.78 bits per heavy atom. The number of rotatable bonds is 8. The Morgan fingerprint density at radius 1 is 1.06 bits per heavy atom. The summed E-state index contributed by atoms with van der Waals surface area (Å²) in [6.07, 6.45) is 0.458. The highest BCUT2D eigenvalue weighted by Gasteiger charge is 2.30.